The first-order valence-corrected chi connectivity index (χ1v) is 25.4. The molecule has 3 unspecified atom stereocenters. The lowest BCUT2D eigenvalue weighted by Gasteiger charge is -2.25. The second-order valence-electron chi connectivity index (χ2n) is 17.7. The van der Waals surface area contributed by atoms with Crippen LogP contribution in [-0.2, 0) is 28.7 Å². The molecule has 0 aliphatic carbocycles. The fraction of sp³-hybridized carbons (Fsp3) is 0.920. The maximum Gasteiger partial charge on any atom is 0.308 e. The summed E-state index contributed by atoms with van der Waals surface area (Å²) in [4.78, 5) is 53.5. The zero-order valence-corrected chi connectivity index (χ0v) is 39.9. The van der Waals surface area contributed by atoms with E-state index in [0.717, 1.165) is 77.0 Å². The Bertz CT molecular complexity index is 1010. The largest absolute Gasteiger partial charge is 0.465 e. The molecular weight excluding hydrogens is 755 g/mol. The van der Waals surface area contributed by atoms with Crippen molar-refractivity contribution < 1.29 is 33.8 Å². The molecule has 0 rings (SSSR count). The van der Waals surface area contributed by atoms with Gasteiger partial charge in [-0.15, -0.1) is 0 Å². The predicted octanol–water partition coefficient (Wildman–Crippen LogP) is 11.4. The van der Waals surface area contributed by atoms with Gasteiger partial charge in [-0.25, -0.2) is 0 Å². The van der Waals surface area contributed by atoms with Crippen LogP contribution in [0.15, 0.2) is 0 Å². The van der Waals surface area contributed by atoms with Crippen molar-refractivity contribution >= 4 is 23.8 Å². The van der Waals surface area contributed by atoms with E-state index in [2.05, 4.69) is 38.3 Å². The van der Waals surface area contributed by atoms with Crippen LogP contribution in [-0.4, -0.2) is 86.3 Å². The van der Waals surface area contributed by atoms with E-state index in [9.17, 15) is 24.3 Å². The number of amides is 2. The van der Waals surface area contributed by atoms with Crippen molar-refractivity contribution in [3.63, 3.8) is 0 Å². The first kappa shape index (κ1) is 57.8. The van der Waals surface area contributed by atoms with Crippen molar-refractivity contribution in [2.45, 2.75) is 239 Å². The number of nitrogens with one attached hydrogen (secondary N) is 2. The summed E-state index contributed by atoms with van der Waals surface area (Å²) in [5, 5.41) is 15.5. The normalized spacial score (nSPS) is 12.9. The number of hydrogen-bond acceptors (Lipinski definition) is 8. The standard InChI is InChI=1S/C50H97N3O7/c1-6-10-14-18-20-26-34-44(32-24-16-12-8-3)49(57)59-40-30-22-28-36-47(55)51-42-46(43-53(5)38-39-54)52-48(56)37-29-23-31-41-60-50(58)45(33-25-17-13-9-4)35-27-21-19-15-11-7-2/h44-46,54H,6-43H2,1-5H3,(H,51,55)(H,52,56). The lowest BCUT2D eigenvalue weighted by atomic mass is 9.94. The highest BCUT2D eigenvalue weighted by Gasteiger charge is 2.21. The first-order valence-electron chi connectivity index (χ1n) is 25.4. The number of esters is 2. The molecule has 0 aliphatic heterocycles. The van der Waals surface area contributed by atoms with Crippen LogP contribution in [0, 0.1) is 11.8 Å². The van der Waals surface area contributed by atoms with Crippen molar-refractivity contribution in [3.8, 4) is 0 Å². The molecule has 2 amide bonds. The molecule has 3 N–H and O–H groups in total. The highest BCUT2D eigenvalue weighted by molar-refractivity contribution is 5.77. The predicted molar refractivity (Wildman–Crippen MR) is 249 cm³/mol. The molecule has 0 fully saturated rings. The molecule has 10 nitrogen and oxygen atoms in total. The summed E-state index contributed by atoms with van der Waals surface area (Å²) < 4.78 is 11.5. The number of carbonyl (C=O) groups excluding carboxylic acids is 4. The van der Waals surface area contributed by atoms with E-state index in [1.54, 1.807) is 0 Å². The van der Waals surface area contributed by atoms with Crippen LogP contribution in [0.2, 0.25) is 0 Å². The Hall–Kier alpha value is -2.20. The average molecular weight is 852 g/mol. The number of rotatable bonds is 45. The summed E-state index contributed by atoms with van der Waals surface area (Å²) >= 11 is 0. The Morgan fingerprint density at radius 3 is 1.28 bits per heavy atom. The highest BCUT2D eigenvalue weighted by Crippen LogP contribution is 2.22. The third-order valence-electron chi connectivity index (χ3n) is 11.8. The van der Waals surface area contributed by atoms with Crippen molar-refractivity contribution in [2.24, 2.45) is 11.8 Å². The number of likely N-dealkylation sites (N-methyl/N-ethyl adjacent to an activating group) is 1. The van der Waals surface area contributed by atoms with Crippen molar-refractivity contribution in [2.75, 3.05) is 46.5 Å². The van der Waals surface area contributed by atoms with Crippen LogP contribution in [0.25, 0.3) is 0 Å². The number of nitrogens with zero attached hydrogens (tertiary/aromatic N) is 1. The van der Waals surface area contributed by atoms with Crippen LogP contribution in [0.4, 0.5) is 0 Å². The van der Waals surface area contributed by atoms with Crippen LogP contribution in [0.1, 0.15) is 233 Å². The van der Waals surface area contributed by atoms with Crippen LogP contribution >= 0.6 is 0 Å². The highest BCUT2D eigenvalue weighted by atomic mass is 16.5. The Kier molecular flexibility index (Phi) is 41.9. The van der Waals surface area contributed by atoms with Gasteiger partial charge in [0.2, 0.25) is 11.8 Å². The molecule has 0 heterocycles. The third kappa shape index (κ3) is 36.5. The van der Waals surface area contributed by atoms with Gasteiger partial charge in [0.05, 0.1) is 37.7 Å². The summed E-state index contributed by atoms with van der Waals surface area (Å²) in [7, 11) is 1.89. The van der Waals surface area contributed by atoms with Gasteiger partial charge in [-0.1, -0.05) is 156 Å². The fourth-order valence-electron chi connectivity index (χ4n) is 7.87. The quantitative estimate of drug-likeness (QED) is 0.0407. The van der Waals surface area contributed by atoms with E-state index < -0.39 is 0 Å². The zero-order chi connectivity index (χ0) is 44.3. The minimum Gasteiger partial charge on any atom is -0.465 e. The molecule has 0 saturated carbocycles. The molecule has 0 spiro atoms. The molecule has 0 aromatic carbocycles. The minimum absolute atomic E-state index is 0.000965. The van der Waals surface area contributed by atoms with E-state index in [1.807, 2.05) is 11.9 Å². The molecule has 0 aliphatic rings. The van der Waals surface area contributed by atoms with Gasteiger partial charge >= 0.3 is 11.9 Å². The van der Waals surface area contributed by atoms with Gasteiger partial charge in [-0.05, 0) is 71.3 Å². The number of carbonyl (C=O) groups is 4. The lowest BCUT2D eigenvalue weighted by Crippen LogP contribution is -2.49. The number of unbranched alkanes of at least 4 members (excludes halogenated alkanes) is 20. The minimum atomic E-state index is -0.287. The monoisotopic (exact) mass is 852 g/mol. The SMILES string of the molecule is CCCCCCCCC(CCCCCC)C(=O)OCCCCCC(=O)NCC(CN(C)CCO)NC(=O)CCCCCOC(=O)C(CCCCCC)CCCCCCCC. The van der Waals surface area contributed by atoms with Crippen LogP contribution in [0.3, 0.4) is 0 Å². The molecule has 0 aromatic heterocycles. The number of hydrogen-bond donors (Lipinski definition) is 3. The second kappa shape index (κ2) is 43.4. The van der Waals surface area contributed by atoms with E-state index in [0.29, 0.717) is 58.5 Å². The average Bonchev–Trinajstić information content (AvgIpc) is 3.23. The van der Waals surface area contributed by atoms with E-state index in [4.69, 9.17) is 9.47 Å². The lowest BCUT2D eigenvalue weighted by molar-refractivity contribution is -0.150. The molecule has 0 aromatic rings. The number of ether oxygens (including phenoxy) is 2. The smallest absolute Gasteiger partial charge is 0.308 e. The maximum atomic E-state index is 13.0. The van der Waals surface area contributed by atoms with E-state index >= 15 is 0 Å². The topological polar surface area (TPSA) is 134 Å². The van der Waals surface area contributed by atoms with Crippen LogP contribution < -0.4 is 10.6 Å². The van der Waals surface area contributed by atoms with Crippen molar-refractivity contribution in [1.29, 1.82) is 0 Å². The molecule has 0 saturated heterocycles. The van der Waals surface area contributed by atoms with Gasteiger partial charge in [0, 0.05) is 32.5 Å². The molecule has 0 radical (unpaired) electrons. The van der Waals surface area contributed by atoms with Gasteiger partial charge in [-0.3, -0.25) is 19.2 Å². The van der Waals surface area contributed by atoms with Gasteiger partial charge in [0.15, 0.2) is 0 Å². The second-order valence-corrected chi connectivity index (χ2v) is 17.7. The molecular formula is C50H97N3O7. The van der Waals surface area contributed by atoms with E-state index in [1.165, 1.54) is 103 Å². The van der Waals surface area contributed by atoms with Crippen LogP contribution in [0.5, 0.6) is 0 Å². The third-order valence-corrected chi connectivity index (χ3v) is 11.8. The molecule has 0 bridgehead atoms. The summed E-state index contributed by atoms with van der Waals surface area (Å²) in [6.45, 7) is 11.0. The number of aliphatic hydroxyl groups is 1. The fourth-order valence-corrected chi connectivity index (χ4v) is 7.87. The van der Waals surface area contributed by atoms with Gasteiger partial charge in [0.1, 0.15) is 0 Å². The Morgan fingerprint density at radius 2 is 0.867 bits per heavy atom. The zero-order valence-electron chi connectivity index (χ0n) is 39.9. The van der Waals surface area contributed by atoms with Gasteiger partial charge < -0.3 is 30.1 Å². The summed E-state index contributed by atoms with van der Waals surface area (Å²) in [6.07, 6.45) is 32.9. The Labute approximate surface area is 369 Å². The van der Waals surface area contributed by atoms with Gasteiger partial charge in [-0.2, -0.15) is 0 Å². The summed E-state index contributed by atoms with van der Waals surface area (Å²) in [5.74, 6) is -0.230. The molecule has 60 heavy (non-hydrogen) atoms. The molecule has 10 heteroatoms. The molecule has 354 valence electrons. The Balaban J connectivity index is 4.57. The maximum absolute atomic E-state index is 13.0. The molecule has 3 atom stereocenters. The van der Waals surface area contributed by atoms with Gasteiger partial charge in [0.25, 0.3) is 0 Å². The summed E-state index contributed by atoms with van der Waals surface area (Å²) in [5.41, 5.74) is 0. The summed E-state index contributed by atoms with van der Waals surface area (Å²) in [6, 6.07) is -0.287. The number of aliphatic hydroxyl groups excluding tert-OH is 1. The van der Waals surface area contributed by atoms with Crippen molar-refractivity contribution in [1.82, 2.24) is 15.5 Å². The first-order chi connectivity index (χ1) is 29.2. The van der Waals surface area contributed by atoms with E-state index in [-0.39, 0.29) is 48.2 Å². The Morgan fingerprint density at radius 1 is 0.500 bits per heavy atom. The van der Waals surface area contributed by atoms with Crippen molar-refractivity contribution in [3.05, 3.63) is 0 Å².